The lowest BCUT2D eigenvalue weighted by atomic mass is 10.0. The molecule has 0 bridgehead atoms. The first kappa shape index (κ1) is 14.4. The minimum atomic E-state index is 0.0475. The van der Waals surface area contributed by atoms with Gasteiger partial charge in [-0.2, -0.15) is 0 Å². The average Bonchev–Trinajstić information content (AvgIpc) is 2.86. The molecule has 0 saturated heterocycles. The van der Waals surface area contributed by atoms with Crippen LogP contribution in [0.5, 0.6) is 0 Å². The molecule has 0 atom stereocenters. The number of aryl methyl sites for hydroxylation is 1. The van der Waals surface area contributed by atoms with Crippen LogP contribution >= 0.6 is 0 Å². The first-order valence-electron chi connectivity index (χ1n) is 7.67. The van der Waals surface area contributed by atoms with E-state index in [1.165, 1.54) is 5.56 Å². The van der Waals surface area contributed by atoms with Gasteiger partial charge in [0.05, 0.1) is 11.4 Å². The van der Waals surface area contributed by atoms with Crippen molar-refractivity contribution in [1.82, 2.24) is 9.78 Å². The Morgan fingerprint density at radius 1 is 1.00 bits per heavy atom. The molecule has 2 aromatic carbocycles. The van der Waals surface area contributed by atoms with Crippen molar-refractivity contribution in [3.05, 3.63) is 76.1 Å². The van der Waals surface area contributed by atoms with Crippen molar-refractivity contribution in [2.45, 2.75) is 26.7 Å². The second-order valence-electron chi connectivity index (χ2n) is 5.51. The fourth-order valence-corrected chi connectivity index (χ4v) is 2.79. The van der Waals surface area contributed by atoms with Crippen LogP contribution in [0.3, 0.4) is 0 Å². The Kier molecular flexibility index (Phi) is 3.96. The van der Waals surface area contributed by atoms with Crippen molar-refractivity contribution in [1.29, 1.82) is 0 Å². The molecule has 0 spiro atoms. The van der Waals surface area contributed by atoms with Crippen LogP contribution in [0.2, 0.25) is 0 Å². The molecule has 3 rings (SSSR count). The van der Waals surface area contributed by atoms with Crippen molar-refractivity contribution < 1.29 is 0 Å². The molecule has 0 radical (unpaired) electrons. The number of aromatic amines is 1. The van der Waals surface area contributed by atoms with E-state index >= 15 is 0 Å². The Bertz CT molecular complexity index is 828. The first-order valence-corrected chi connectivity index (χ1v) is 7.67. The zero-order chi connectivity index (χ0) is 15.5. The fourth-order valence-electron chi connectivity index (χ4n) is 2.79. The molecule has 112 valence electrons. The molecule has 3 nitrogen and oxygen atoms in total. The molecule has 0 aliphatic heterocycles. The van der Waals surface area contributed by atoms with Gasteiger partial charge in [-0.05, 0) is 31.0 Å². The topological polar surface area (TPSA) is 37.8 Å². The predicted molar refractivity (Wildman–Crippen MR) is 90.6 cm³/mol. The van der Waals surface area contributed by atoms with Crippen molar-refractivity contribution in [3.63, 3.8) is 0 Å². The summed E-state index contributed by atoms with van der Waals surface area (Å²) in [4.78, 5) is 12.8. The maximum Gasteiger partial charge on any atom is 0.275 e. The highest BCUT2D eigenvalue weighted by atomic mass is 16.1. The third kappa shape index (κ3) is 2.50. The van der Waals surface area contributed by atoms with Crippen molar-refractivity contribution in [3.8, 4) is 16.9 Å². The molecular weight excluding hydrogens is 272 g/mol. The molecule has 0 aliphatic carbocycles. The molecule has 0 saturated carbocycles. The van der Waals surface area contributed by atoms with Gasteiger partial charge in [-0.3, -0.25) is 9.89 Å². The van der Waals surface area contributed by atoms with Gasteiger partial charge in [0.2, 0.25) is 0 Å². The van der Waals surface area contributed by atoms with E-state index in [9.17, 15) is 4.79 Å². The minimum absolute atomic E-state index is 0.0475. The molecule has 3 heteroatoms. The Morgan fingerprint density at radius 3 is 2.36 bits per heavy atom. The highest BCUT2D eigenvalue weighted by molar-refractivity contribution is 5.66. The molecule has 0 fully saturated rings. The maximum absolute atomic E-state index is 12.8. The largest absolute Gasteiger partial charge is 0.290 e. The van der Waals surface area contributed by atoms with Crippen LogP contribution in [0, 0.1) is 6.92 Å². The number of benzene rings is 2. The van der Waals surface area contributed by atoms with E-state index in [1.807, 2.05) is 42.5 Å². The number of nitrogens with one attached hydrogen (secondary N) is 1. The summed E-state index contributed by atoms with van der Waals surface area (Å²) in [5, 5.41) is 3.31. The second kappa shape index (κ2) is 6.06. The van der Waals surface area contributed by atoms with Crippen LogP contribution in [0.4, 0.5) is 0 Å². The summed E-state index contributed by atoms with van der Waals surface area (Å²) in [6.07, 6.45) is 1.72. The zero-order valence-electron chi connectivity index (χ0n) is 13.0. The van der Waals surface area contributed by atoms with Crippen molar-refractivity contribution in [2.24, 2.45) is 0 Å². The van der Waals surface area contributed by atoms with Gasteiger partial charge in [-0.25, -0.2) is 4.68 Å². The van der Waals surface area contributed by atoms with Crippen LogP contribution in [0.25, 0.3) is 16.9 Å². The quantitative estimate of drug-likeness (QED) is 0.772. The highest BCUT2D eigenvalue weighted by Crippen LogP contribution is 2.25. The van der Waals surface area contributed by atoms with Crippen molar-refractivity contribution in [2.75, 3.05) is 0 Å². The fraction of sp³-hybridized carbons (Fsp3) is 0.211. The normalized spacial score (nSPS) is 10.8. The number of hydrogen-bond donors (Lipinski definition) is 1. The van der Waals surface area contributed by atoms with Crippen LogP contribution in [-0.4, -0.2) is 9.78 Å². The van der Waals surface area contributed by atoms with E-state index in [0.717, 1.165) is 35.3 Å². The van der Waals surface area contributed by atoms with Crippen LogP contribution < -0.4 is 5.56 Å². The van der Waals surface area contributed by atoms with E-state index in [-0.39, 0.29) is 5.56 Å². The molecule has 1 heterocycles. The zero-order valence-corrected chi connectivity index (χ0v) is 13.0. The van der Waals surface area contributed by atoms with Gasteiger partial charge in [0, 0.05) is 11.1 Å². The number of nitrogens with zero attached hydrogens (tertiary/aromatic N) is 1. The summed E-state index contributed by atoms with van der Waals surface area (Å²) in [6.45, 7) is 4.17. The second-order valence-corrected chi connectivity index (χ2v) is 5.51. The van der Waals surface area contributed by atoms with Gasteiger partial charge in [0.25, 0.3) is 5.56 Å². The van der Waals surface area contributed by atoms with E-state index in [2.05, 4.69) is 31.1 Å². The molecular formula is C19H20N2O. The first-order chi connectivity index (χ1) is 10.7. The summed E-state index contributed by atoms with van der Waals surface area (Å²) < 4.78 is 1.65. The molecule has 0 aliphatic rings. The number of aromatic nitrogens is 2. The lowest BCUT2D eigenvalue weighted by molar-refractivity contribution is 0.842. The van der Waals surface area contributed by atoms with E-state index in [4.69, 9.17) is 0 Å². The summed E-state index contributed by atoms with van der Waals surface area (Å²) in [6, 6.07) is 17.9. The van der Waals surface area contributed by atoms with Gasteiger partial charge in [-0.1, -0.05) is 55.8 Å². The average molecular weight is 292 g/mol. The monoisotopic (exact) mass is 292 g/mol. The van der Waals surface area contributed by atoms with E-state index in [0.29, 0.717) is 0 Å². The van der Waals surface area contributed by atoms with Gasteiger partial charge < -0.3 is 0 Å². The summed E-state index contributed by atoms with van der Waals surface area (Å²) in [5.74, 6) is 0. The third-order valence-corrected chi connectivity index (χ3v) is 3.92. The summed E-state index contributed by atoms with van der Waals surface area (Å²) >= 11 is 0. The molecule has 1 N–H and O–H groups in total. The Balaban J connectivity index is 2.23. The third-order valence-electron chi connectivity index (χ3n) is 3.92. The number of rotatable bonds is 4. The lowest BCUT2D eigenvalue weighted by Gasteiger charge is -2.05. The molecule has 0 amide bonds. The smallest absolute Gasteiger partial charge is 0.275 e. The van der Waals surface area contributed by atoms with E-state index < -0.39 is 0 Å². The number of hydrogen-bond acceptors (Lipinski definition) is 1. The van der Waals surface area contributed by atoms with Crippen LogP contribution in [0.15, 0.2) is 59.4 Å². The van der Waals surface area contributed by atoms with Gasteiger partial charge in [0.15, 0.2) is 0 Å². The predicted octanol–water partition coefficient (Wildman–Crippen LogP) is 4.09. The molecule has 22 heavy (non-hydrogen) atoms. The lowest BCUT2D eigenvalue weighted by Crippen LogP contribution is -2.17. The standard InChI is InChI=1S/C19H20N2O/c1-3-9-17-18(16-13-8-7-10-14(16)2)20-21(19(17)22)15-11-5-4-6-12-15/h4-8,10-13,20H,3,9H2,1-2H3. The van der Waals surface area contributed by atoms with E-state index in [1.54, 1.807) is 4.68 Å². The van der Waals surface area contributed by atoms with Crippen LogP contribution in [-0.2, 0) is 6.42 Å². The Labute approximate surface area is 130 Å². The van der Waals surface area contributed by atoms with Gasteiger partial charge in [-0.15, -0.1) is 0 Å². The van der Waals surface area contributed by atoms with Gasteiger partial charge in [0.1, 0.15) is 0 Å². The number of para-hydroxylation sites is 1. The minimum Gasteiger partial charge on any atom is -0.290 e. The van der Waals surface area contributed by atoms with Crippen molar-refractivity contribution >= 4 is 0 Å². The maximum atomic E-state index is 12.8. The molecule has 1 aromatic heterocycles. The van der Waals surface area contributed by atoms with Crippen LogP contribution in [0.1, 0.15) is 24.5 Å². The highest BCUT2D eigenvalue weighted by Gasteiger charge is 2.16. The molecule has 3 aromatic rings. The summed E-state index contributed by atoms with van der Waals surface area (Å²) in [7, 11) is 0. The Hall–Kier alpha value is -2.55. The Morgan fingerprint density at radius 2 is 1.68 bits per heavy atom. The van der Waals surface area contributed by atoms with Gasteiger partial charge >= 0.3 is 0 Å². The molecule has 0 unspecified atom stereocenters. The SMILES string of the molecule is CCCc1c(-c2ccccc2C)[nH]n(-c2ccccc2)c1=O. The number of H-pyrrole nitrogens is 1. The summed E-state index contributed by atoms with van der Waals surface area (Å²) in [5.41, 5.74) is 4.98.